The van der Waals surface area contributed by atoms with Crippen molar-refractivity contribution in [2.45, 2.75) is 45.2 Å². The fraction of sp³-hybridized carbons (Fsp3) is 0.308. The number of nitrogens with two attached hydrogens (primary N) is 1. The number of fused-ring (bicyclic) bond motifs is 1. The molecule has 6 nitrogen and oxygen atoms in total. The number of rotatable bonds is 9. The van der Waals surface area contributed by atoms with Gasteiger partial charge in [0.25, 0.3) is 11.8 Å². The van der Waals surface area contributed by atoms with Crippen LogP contribution >= 0.6 is 0 Å². The van der Waals surface area contributed by atoms with Crippen LogP contribution < -0.4 is 11.2 Å². The van der Waals surface area contributed by atoms with Crippen molar-refractivity contribution in [1.82, 2.24) is 10.4 Å². The summed E-state index contributed by atoms with van der Waals surface area (Å²) < 4.78 is 0. The van der Waals surface area contributed by atoms with Gasteiger partial charge >= 0.3 is 0 Å². The Morgan fingerprint density at radius 2 is 1.56 bits per heavy atom. The monoisotopic (exact) mass is 433 g/mol. The molecule has 0 radical (unpaired) electrons. The summed E-state index contributed by atoms with van der Waals surface area (Å²) in [5.74, 6) is -0.737. The number of hydrogen-bond acceptors (Lipinski definition) is 4. The van der Waals surface area contributed by atoms with Crippen molar-refractivity contribution in [2.75, 3.05) is 6.54 Å². The zero-order valence-corrected chi connectivity index (χ0v) is 18.7. The summed E-state index contributed by atoms with van der Waals surface area (Å²) >= 11 is 0. The highest BCUT2D eigenvalue weighted by atomic mass is 16.5. The zero-order valence-electron chi connectivity index (χ0n) is 18.7. The van der Waals surface area contributed by atoms with Gasteiger partial charge in [-0.3, -0.25) is 14.8 Å². The van der Waals surface area contributed by atoms with E-state index in [2.05, 4.69) is 32.0 Å². The van der Waals surface area contributed by atoms with E-state index < -0.39 is 5.91 Å². The quantitative estimate of drug-likeness (QED) is 0.342. The molecule has 0 unspecified atom stereocenters. The van der Waals surface area contributed by atoms with E-state index in [1.807, 2.05) is 29.2 Å². The van der Waals surface area contributed by atoms with Gasteiger partial charge in [-0.05, 0) is 59.9 Å². The first kappa shape index (κ1) is 23.4. The Kier molecular flexibility index (Phi) is 7.62. The first-order chi connectivity index (χ1) is 15.4. The highest BCUT2D eigenvalue weighted by Gasteiger charge is 2.24. The molecule has 0 saturated heterocycles. The predicted octanol–water partition coefficient (Wildman–Crippen LogP) is 4.51. The van der Waals surface area contributed by atoms with Gasteiger partial charge in [-0.15, -0.1) is 0 Å². The molecule has 4 N–H and O–H groups in total. The summed E-state index contributed by atoms with van der Waals surface area (Å²) in [6.45, 7) is 5.14. The van der Waals surface area contributed by atoms with E-state index >= 15 is 0 Å². The normalized spacial score (nSPS) is 11.4. The molecule has 0 fully saturated rings. The second kappa shape index (κ2) is 10.4. The Balaban J connectivity index is 1.91. The fourth-order valence-corrected chi connectivity index (χ4v) is 3.86. The molecule has 0 heterocycles. The lowest BCUT2D eigenvalue weighted by molar-refractivity contribution is 0.0702. The number of nitrogens with one attached hydrogen (secondary N) is 1. The Labute approximate surface area is 189 Å². The highest BCUT2D eigenvalue weighted by Crippen LogP contribution is 2.23. The summed E-state index contributed by atoms with van der Waals surface area (Å²) in [5, 5.41) is 11.1. The predicted molar refractivity (Wildman–Crippen MR) is 127 cm³/mol. The van der Waals surface area contributed by atoms with E-state index in [9.17, 15) is 9.59 Å². The molecule has 0 aliphatic heterocycles. The highest BCUT2D eigenvalue weighted by molar-refractivity contribution is 5.97. The van der Waals surface area contributed by atoms with Crippen LogP contribution in [0.2, 0.25) is 0 Å². The van der Waals surface area contributed by atoms with Crippen LogP contribution in [0.25, 0.3) is 10.8 Å². The molecule has 168 valence electrons. The molecule has 0 atom stereocenters. The van der Waals surface area contributed by atoms with E-state index in [-0.39, 0.29) is 17.0 Å². The molecule has 0 bridgehead atoms. The van der Waals surface area contributed by atoms with Crippen molar-refractivity contribution >= 4 is 22.6 Å². The van der Waals surface area contributed by atoms with E-state index in [1.165, 1.54) is 12.1 Å². The molecule has 6 heteroatoms. The van der Waals surface area contributed by atoms with Gasteiger partial charge in [0, 0.05) is 29.8 Å². The number of carbonyl (C=O) groups is 2. The lowest BCUT2D eigenvalue weighted by Crippen LogP contribution is -2.43. The van der Waals surface area contributed by atoms with Crippen LogP contribution in [0.4, 0.5) is 0 Å². The maximum atomic E-state index is 13.5. The topological polar surface area (TPSA) is 95.7 Å². The summed E-state index contributed by atoms with van der Waals surface area (Å²) in [6, 6.07) is 20.5. The molecule has 2 amide bonds. The van der Waals surface area contributed by atoms with E-state index in [4.69, 9.17) is 10.9 Å². The Morgan fingerprint density at radius 1 is 0.938 bits per heavy atom. The zero-order chi connectivity index (χ0) is 23.1. The Hall–Kier alpha value is -3.22. The molecule has 0 aliphatic rings. The molecule has 3 aromatic carbocycles. The van der Waals surface area contributed by atoms with Crippen molar-refractivity contribution in [1.29, 1.82) is 0 Å². The summed E-state index contributed by atoms with van der Waals surface area (Å²) in [4.78, 5) is 26.9. The van der Waals surface area contributed by atoms with Gasteiger partial charge in [0.15, 0.2) is 0 Å². The third-order valence-electron chi connectivity index (χ3n) is 6.31. The van der Waals surface area contributed by atoms with Gasteiger partial charge < -0.3 is 10.6 Å². The van der Waals surface area contributed by atoms with Crippen molar-refractivity contribution < 1.29 is 14.8 Å². The van der Waals surface area contributed by atoms with Gasteiger partial charge in [0.05, 0.1) is 0 Å². The number of nitrogens with zero attached hydrogens (tertiary/aromatic N) is 1. The SMILES string of the molecule is CCC(N)(CC)CCN(Cc1cccc2ccccc12)C(=O)c1ccc(C(=O)NO)cc1. The van der Waals surface area contributed by atoms with Crippen LogP contribution in [0, 0.1) is 0 Å². The van der Waals surface area contributed by atoms with Crippen molar-refractivity contribution in [3.05, 3.63) is 83.4 Å². The first-order valence-corrected chi connectivity index (χ1v) is 11.0. The smallest absolute Gasteiger partial charge is 0.274 e. The summed E-state index contributed by atoms with van der Waals surface area (Å²) in [7, 11) is 0. The van der Waals surface area contributed by atoms with Crippen LogP contribution in [0.1, 0.15) is 59.4 Å². The molecule has 0 saturated carbocycles. The molecule has 0 spiro atoms. The second-order valence-corrected chi connectivity index (χ2v) is 8.20. The minimum atomic E-state index is -0.615. The number of amides is 2. The van der Waals surface area contributed by atoms with Crippen molar-refractivity contribution in [3.63, 3.8) is 0 Å². The average Bonchev–Trinajstić information content (AvgIpc) is 2.85. The standard InChI is InChI=1S/C26H31N3O3/c1-3-26(27,4-2)16-17-29(18-22-10-7-9-19-8-5-6-11-23(19)22)25(31)21-14-12-20(13-15-21)24(30)28-32/h5-15,32H,3-4,16-18,27H2,1-2H3,(H,28,30). The largest absolute Gasteiger partial charge is 0.334 e. The van der Waals surface area contributed by atoms with Gasteiger partial charge in [0.2, 0.25) is 0 Å². The minimum Gasteiger partial charge on any atom is -0.334 e. The number of carbonyl (C=O) groups excluding carboxylic acids is 2. The molecule has 3 aromatic rings. The third kappa shape index (κ3) is 5.33. The van der Waals surface area contributed by atoms with Crippen LogP contribution in [-0.4, -0.2) is 34.0 Å². The van der Waals surface area contributed by atoms with Gasteiger partial charge in [-0.1, -0.05) is 56.3 Å². The second-order valence-electron chi connectivity index (χ2n) is 8.20. The molecular weight excluding hydrogens is 402 g/mol. The van der Waals surface area contributed by atoms with Crippen molar-refractivity contribution in [3.8, 4) is 0 Å². The average molecular weight is 434 g/mol. The van der Waals surface area contributed by atoms with Crippen LogP contribution in [0.15, 0.2) is 66.7 Å². The van der Waals surface area contributed by atoms with Gasteiger partial charge in [-0.2, -0.15) is 0 Å². The third-order valence-corrected chi connectivity index (χ3v) is 6.31. The van der Waals surface area contributed by atoms with Crippen LogP contribution in [0.3, 0.4) is 0 Å². The lowest BCUT2D eigenvalue weighted by atomic mass is 9.90. The molecular formula is C26H31N3O3. The van der Waals surface area contributed by atoms with Crippen molar-refractivity contribution in [2.24, 2.45) is 5.73 Å². The van der Waals surface area contributed by atoms with Crippen LogP contribution in [0.5, 0.6) is 0 Å². The van der Waals surface area contributed by atoms with E-state index in [1.54, 1.807) is 17.6 Å². The van der Waals surface area contributed by atoms with Gasteiger partial charge in [0.1, 0.15) is 0 Å². The number of hydrogen-bond donors (Lipinski definition) is 3. The maximum Gasteiger partial charge on any atom is 0.274 e. The Morgan fingerprint density at radius 3 is 2.22 bits per heavy atom. The molecule has 0 aromatic heterocycles. The van der Waals surface area contributed by atoms with Gasteiger partial charge in [-0.25, -0.2) is 5.48 Å². The molecule has 3 rings (SSSR count). The number of hydroxylamine groups is 1. The first-order valence-electron chi connectivity index (χ1n) is 11.0. The van der Waals surface area contributed by atoms with E-state index in [0.717, 1.165) is 29.2 Å². The fourth-order valence-electron chi connectivity index (χ4n) is 3.86. The minimum absolute atomic E-state index is 0.122. The molecule has 32 heavy (non-hydrogen) atoms. The lowest BCUT2D eigenvalue weighted by Gasteiger charge is -2.31. The summed E-state index contributed by atoms with van der Waals surface area (Å²) in [6.07, 6.45) is 2.37. The summed E-state index contributed by atoms with van der Waals surface area (Å²) in [5.41, 5.74) is 9.65. The van der Waals surface area contributed by atoms with E-state index in [0.29, 0.717) is 25.1 Å². The molecule has 0 aliphatic carbocycles. The number of benzene rings is 3. The van der Waals surface area contributed by atoms with Crippen LogP contribution in [-0.2, 0) is 6.54 Å². The Bertz CT molecular complexity index is 1070. The maximum absolute atomic E-state index is 13.5.